The Bertz CT molecular complexity index is 581. The highest BCUT2D eigenvalue weighted by atomic mass is 16.3. The summed E-state index contributed by atoms with van der Waals surface area (Å²) in [4.78, 5) is 15.1. The van der Waals surface area contributed by atoms with E-state index in [0.717, 1.165) is 17.1 Å². The fourth-order valence-corrected chi connectivity index (χ4v) is 1.49. The van der Waals surface area contributed by atoms with E-state index in [-0.39, 0.29) is 5.91 Å². The standard InChI is InChI=1S/C15H14N2O2/c1-12(18)17-14-8-6-13(7-9-14)16-10-2-4-15-5-3-11-19-15/h2-11H,1H3,(H,17,18)/b4-2+,16-10?. The van der Waals surface area contributed by atoms with Crippen LogP contribution in [0.4, 0.5) is 11.4 Å². The minimum atomic E-state index is -0.0855. The Kier molecular flexibility index (Phi) is 4.29. The van der Waals surface area contributed by atoms with E-state index in [9.17, 15) is 4.79 Å². The molecule has 0 spiro atoms. The largest absolute Gasteiger partial charge is 0.465 e. The van der Waals surface area contributed by atoms with Gasteiger partial charge in [-0.25, -0.2) is 0 Å². The van der Waals surface area contributed by atoms with Gasteiger partial charge >= 0.3 is 0 Å². The summed E-state index contributed by atoms with van der Waals surface area (Å²) >= 11 is 0. The lowest BCUT2D eigenvalue weighted by molar-refractivity contribution is -0.114. The third kappa shape index (κ3) is 4.27. The van der Waals surface area contributed by atoms with Gasteiger partial charge in [0.25, 0.3) is 0 Å². The molecule has 4 heteroatoms. The van der Waals surface area contributed by atoms with E-state index in [0.29, 0.717) is 0 Å². The predicted molar refractivity (Wildman–Crippen MR) is 76.6 cm³/mol. The molecule has 2 rings (SSSR count). The highest BCUT2D eigenvalue weighted by molar-refractivity contribution is 5.88. The van der Waals surface area contributed by atoms with Crippen LogP contribution >= 0.6 is 0 Å². The zero-order valence-corrected chi connectivity index (χ0v) is 10.5. The SMILES string of the molecule is CC(=O)Nc1ccc(N=C/C=C/c2ccco2)cc1. The summed E-state index contributed by atoms with van der Waals surface area (Å²) < 4.78 is 5.15. The van der Waals surface area contributed by atoms with Crippen molar-refractivity contribution in [3.05, 3.63) is 54.5 Å². The first-order valence-corrected chi connectivity index (χ1v) is 5.86. The molecule has 0 aliphatic rings. The van der Waals surface area contributed by atoms with Gasteiger partial charge in [-0.15, -0.1) is 0 Å². The minimum absolute atomic E-state index is 0.0855. The molecular weight excluding hydrogens is 240 g/mol. The van der Waals surface area contributed by atoms with Crippen LogP contribution in [0.3, 0.4) is 0 Å². The van der Waals surface area contributed by atoms with E-state index in [1.807, 2.05) is 42.5 Å². The van der Waals surface area contributed by atoms with Crippen molar-refractivity contribution in [3.63, 3.8) is 0 Å². The van der Waals surface area contributed by atoms with Crippen molar-refractivity contribution in [1.29, 1.82) is 0 Å². The van der Waals surface area contributed by atoms with Crippen LogP contribution in [0.15, 0.2) is 58.1 Å². The van der Waals surface area contributed by atoms with Crippen LogP contribution in [-0.4, -0.2) is 12.1 Å². The Labute approximate surface area is 111 Å². The topological polar surface area (TPSA) is 54.6 Å². The van der Waals surface area contributed by atoms with E-state index in [4.69, 9.17) is 4.42 Å². The Morgan fingerprint density at radius 3 is 2.68 bits per heavy atom. The molecule has 1 aromatic carbocycles. The van der Waals surface area contributed by atoms with Crippen molar-refractivity contribution in [1.82, 2.24) is 0 Å². The second-order valence-corrected chi connectivity index (χ2v) is 3.88. The van der Waals surface area contributed by atoms with E-state index in [2.05, 4.69) is 10.3 Å². The summed E-state index contributed by atoms with van der Waals surface area (Å²) in [5, 5.41) is 2.70. The molecule has 0 saturated carbocycles. The zero-order valence-electron chi connectivity index (χ0n) is 10.5. The molecule has 0 unspecified atom stereocenters. The molecular formula is C15H14N2O2. The van der Waals surface area contributed by atoms with Gasteiger partial charge in [-0.2, -0.15) is 0 Å². The number of benzene rings is 1. The minimum Gasteiger partial charge on any atom is -0.465 e. The third-order valence-electron chi connectivity index (χ3n) is 2.30. The molecule has 1 N–H and O–H groups in total. The normalized spacial score (nSPS) is 11.2. The fourth-order valence-electron chi connectivity index (χ4n) is 1.49. The Hall–Kier alpha value is -2.62. The molecule has 1 heterocycles. The van der Waals surface area contributed by atoms with Crippen LogP contribution < -0.4 is 5.32 Å². The average molecular weight is 254 g/mol. The monoisotopic (exact) mass is 254 g/mol. The third-order valence-corrected chi connectivity index (χ3v) is 2.30. The number of nitrogens with one attached hydrogen (secondary N) is 1. The summed E-state index contributed by atoms with van der Waals surface area (Å²) in [7, 11) is 0. The Morgan fingerprint density at radius 1 is 1.26 bits per heavy atom. The molecule has 1 amide bonds. The first-order valence-electron chi connectivity index (χ1n) is 5.86. The Balaban J connectivity index is 1.94. The van der Waals surface area contributed by atoms with Crippen LogP contribution in [0.25, 0.3) is 6.08 Å². The van der Waals surface area contributed by atoms with Gasteiger partial charge in [-0.05, 0) is 48.6 Å². The van der Waals surface area contributed by atoms with Crippen molar-refractivity contribution in [2.24, 2.45) is 4.99 Å². The number of allylic oxidation sites excluding steroid dienone is 1. The second kappa shape index (κ2) is 6.35. The number of hydrogen-bond donors (Lipinski definition) is 1. The van der Waals surface area contributed by atoms with Crippen molar-refractivity contribution < 1.29 is 9.21 Å². The van der Waals surface area contributed by atoms with Gasteiger partial charge in [0.2, 0.25) is 5.91 Å². The molecule has 19 heavy (non-hydrogen) atoms. The highest BCUT2D eigenvalue weighted by Crippen LogP contribution is 2.15. The number of furan rings is 1. The Morgan fingerprint density at radius 2 is 2.05 bits per heavy atom. The number of carbonyl (C=O) groups excluding carboxylic acids is 1. The van der Waals surface area contributed by atoms with Crippen molar-refractivity contribution in [3.8, 4) is 0 Å². The smallest absolute Gasteiger partial charge is 0.221 e. The molecule has 0 fully saturated rings. The number of amides is 1. The van der Waals surface area contributed by atoms with E-state index >= 15 is 0 Å². The number of hydrogen-bond acceptors (Lipinski definition) is 3. The maximum absolute atomic E-state index is 10.9. The quantitative estimate of drug-likeness (QED) is 0.846. The van der Waals surface area contributed by atoms with Gasteiger partial charge in [0, 0.05) is 18.8 Å². The molecule has 2 aromatic rings. The number of anilines is 1. The summed E-state index contributed by atoms with van der Waals surface area (Å²) in [6.07, 6.45) is 6.95. The number of aliphatic imine (C=N–C) groups is 1. The summed E-state index contributed by atoms with van der Waals surface area (Å²) in [5.41, 5.74) is 1.58. The molecule has 4 nitrogen and oxygen atoms in total. The molecule has 0 radical (unpaired) electrons. The van der Waals surface area contributed by atoms with Crippen molar-refractivity contribution in [2.45, 2.75) is 6.92 Å². The van der Waals surface area contributed by atoms with Crippen LogP contribution in [0.2, 0.25) is 0 Å². The summed E-state index contributed by atoms with van der Waals surface area (Å²) in [5.74, 6) is 0.699. The zero-order chi connectivity index (χ0) is 13.5. The number of rotatable bonds is 4. The molecule has 0 saturated heterocycles. The highest BCUT2D eigenvalue weighted by Gasteiger charge is 1.94. The molecule has 96 valence electrons. The van der Waals surface area contributed by atoms with Crippen molar-refractivity contribution >= 4 is 29.6 Å². The fraction of sp³-hybridized carbons (Fsp3) is 0.0667. The van der Waals surface area contributed by atoms with Gasteiger partial charge in [-0.3, -0.25) is 9.79 Å². The number of carbonyl (C=O) groups is 1. The lowest BCUT2D eigenvalue weighted by Gasteiger charge is -2.00. The molecule has 0 bridgehead atoms. The molecule has 1 aromatic heterocycles. The van der Waals surface area contributed by atoms with E-state index in [1.165, 1.54) is 6.92 Å². The molecule has 0 aliphatic heterocycles. The van der Waals surface area contributed by atoms with Crippen LogP contribution in [-0.2, 0) is 4.79 Å². The first-order chi connectivity index (χ1) is 9.24. The average Bonchev–Trinajstić information content (AvgIpc) is 2.89. The van der Waals surface area contributed by atoms with Crippen molar-refractivity contribution in [2.75, 3.05) is 5.32 Å². The summed E-state index contributed by atoms with van der Waals surface area (Å²) in [6, 6.07) is 11.0. The summed E-state index contributed by atoms with van der Waals surface area (Å²) in [6.45, 7) is 1.48. The maximum atomic E-state index is 10.9. The second-order valence-electron chi connectivity index (χ2n) is 3.88. The van der Waals surface area contributed by atoms with Crippen LogP contribution in [0.5, 0.6) is 0 Å². The molecule has 0 atom stereocenters. The van der Waals surface area contributed by atoms with Crippen LogP contribution in [0.1, 0.15) is 12.7 Å². The van der Waals surface area contributed by atoms with Gasteiger partial charge in [0.05, 0.1) is 12.0 Å². The van der Waals surface area contributed by atoms with Gasteiger partial charge < -0.3 is 9.73 Å². The van der Waals surface area contributed by atoms with Crippen LogP contribution in [0, 0.1) is 0 Å². The van der Waals surface area contributed by atoms with Gasteiger partial charge in [-0.1, -0.05) is 0 Å². The van der Waals surface area contributed by atoms with Gasteiger partial charge in [0.15, 0.2) is 0 Å². The lowest BCUT2D eigenvalue weighted by Crippen LogP contribution is -2.04. The predicted octanol–water partition coefficient (Wildman–Crippen LogP) is 3.65. The van der Waals surface area contributed by atoms with E-state index < -0.39 is 0 Å². The van der Waals surface area contributed by atoms with E-state index in [1.54, 1.807) is 18.6 Å². The maximum Gasteiger partial charge on any atom is 0.221 e. The first kappa shape index (κ1) is 12.8. The molecule has 0 aliphatic carbocycles. The lowest BCUT2D eigenvalue weighted by atomic mass is 10.3. The number of nitrogens with zero attached hydrogens (tertiary/aromatic N) is 1. The van der Waals surface area contributed by atoms with Gasteiger partial charge in [0.1, 0.15) is 5.76 Å².